The predicted molar refractivity (Wildman–Crippen MR) is 136 cm³/mol. The van der Waals surface area contributed by atoms with Crippen LogP contribution in [0.3, 0.4) is 0 Å². The fourth-order valence-corrected chi connectivity index (χ4v) is 4.61. The molecule has 0 unspecified atom stereocenters. The second-order valence-electron chi connectivity index (χ2n) is 9.85. The van der Waals surface area contributed by atoms with E-state index in [0.29, 0.717) is 0 Å². The van der Waals surface area contributed by atoms with Crippen LogP contribution in [-0.4, -0.2) is 120 Å². The highest BCUT2D eigenvalue weighted by Crippen LogP contribution is 2.39. The SMILES string of the molecule is O=c1c(O[C@H]2O[C@@H](CO[C@@H]3OC[C@@H](O)[C@H](O)[C@@H]3O)[C@H](O)[C@@H](O)[C@@H]2O)c(-c2ccc(O)c(O)c2)oc2cc(O)cc(O)c12. The van der Waals surface area contributed by atoms with Gasteiger partial charge < -0.3 is 74.4 Å². The molecular weight excluding hydrogens is 568 g/mol. The van der Waals surface area contributed by atoms with Crippen LogP contribution in [0.15, 0.2) is 39.5 Å². The first-order chi connectivity index (χ1) is 19.9. The van der Waals surface area contributed by atoms with E-state index in [4.69, 9.17) is 23.4 Å². The van der Waals surface area contributed by atoms with E-state index in [1.165, 1.54) is 6.07 Å². The smallest absolute Gasteiger partial charge is 0.239 e. The minimum Gasteiger partial charge on any atom is -0.508 e. The van der Waals surface area contributed by atoms with Crippen LogP contribution in [0.4, 0.5) is 0 Å². The van der Waals surface area contributed by atoms with Gasteiger partial charge in [0, 0.05) is 17.7 Å². The lowest BCUT2D eigenvalue weighted by atomic mass is 9.99. The summed E-state index contributed by atoms with van der Waals surface area (Å²) in [5.74, 6) is -3.33. The van der Waals surface area contributed by atoms with Crippen molar-refractivity contribution in [2.24, 2.45) is 0 Å². The van der Waals surface area contributed by atoms with Gasteiger partial charge in [-0.05, 0) is 18.2 Å². The maximum atomic E-state index is 13.5. The normalized spacial score (nSPS) is 31.7. The van der Waals surface area contributed by atoms with E-state index in [0.717, 1.165) is 24.3 Å². The maximum Gasteiger partial charge on any atom is 0.239 e. The molecule has 2 aromatic carbocycles. The molecule has 0 radical (unpaired) electrons. The standard InChI is InChI=1S/C26H28O16/c27-9-4-12(30)16-14(5-9)40-23(8-1-2-10(28)11(29)3-8)24(19(16)34)42-26-22(37)20(35)18(33)15(41-26)7-39-25-21(36)17(32)13(31)6-38-25/h1-5,13,15,17-18,20-22,25-33,35-37H,6-7H2/t13-,15+,17+,18+,20-,21+,22+,25+,26-/m1/s1. The summed E-state index contributed by atoms with van der Waals surface area (Å²) in [6, 6.07) is 5.23. The zero-order valence-electron chi connectivity index (χ0n) is 21.4. The highest BCUT2D eigenvalue weighted by molar-refractivity contribution is 5.88. The molecule has 228 valence electrons. The van der Waals surface area contributed by atoms with Crippen LogP contribution in [0.2, 0.25) is 0 Å². The highest BCUT2D eigenvalue weighted by Gasteiger charge is 2.47. The molecular formula is C26H28O16. The Kier molecular flexibility index (Phi) is 8.17. The number of ether oxygens (including phenoxy) is 4. The van der Waals surface area contributed by atoms with Gasteiger partial charge in [-0.1, -0.05) is 0 Å². The Morgan fingerprint density at radius 1 is 0.786 bits per heavy atom. The number of hydrogen-bond donors (Lipinski definition) is 10. The van der Waals surface area contributed by atoms with Crippen LogP contribution in [0.25, 0.3) is 22.3 Å². The van der Waals surface area contributed by atoms with Gasteiger partial charge in [0.25, 0.3) is 0 Å². The van der Waals surface area contributed by atoms with Crippen LogP contribution in [-0.2, 0) is 14.2 Å². The zero-order valence-corrected chi connectivity index (χ0v) is 21.4. The molecule has 2 aliphatic rings. The van der Waals surface area contributed by atoms with Crippen LogP contribution < -0.4 is 10.2 Å². The molecule has 2 saturated heterocycles. The Hall–Kier alpha value is -3.71. The molecule has 2 aliphatic heterocycles. The summed E-state index contributed by atoms with van der Waals surface area (Å²) in [4.78, 5) is 13.5. The molecule has 1 aromatic heterocycles. The molecule has 0 spiro atoms. The lowest BCUT2D eigenvalue weighted by Crippen LogP contribution is -2.61. The van der Waals surface area contributed by atoms with Gasteiger partial charge in [0.05, 0.1) is 13.2 Å². The number of phenols is 4. The molecule has 3 aromatic rings. The van der Waals surface area contributed by atoms with Gasteiger partial charge in [-0.3, -0.25) is 4.79 Å². The van der Waals surface area contributed by atoms with E-state index >= 15 is 0 Å². The van der Waals surface area contributed by atoms with E-state index < -0.39 is 107 Å². The third-order valence-corrected chi connectivity index (χ3v) is 6.94. The van der Waals surface area contributed by atoms with E-state index in [1.807, 2.05) is 0 Å². The van der Waals surface area contributed by atoms with Gasteiger partial charge in [-0.15, -0.1) is 0 Å². The van der Waals surface area contributed by atoms with Crippen molar-refractivity contribution >= 4 is 11.0 Å². The van der Waals surface area contributed by atoms with Gasteiger partial charge in [0.2, 0.25) is 17.5 Å². The average molecular weight is 596 g/mol. The Morgan fingerprint density at radius 2 is 1.50 bits per heavy atom. The molecule has 3 heterocycles. The predicted octanol–water partition coefficient (Wildman–Crippen LogP) is -2.08. The molecule has 0 saturated carbocycles. The van der Waals surface area contributed by atoms with E-state index in [1.54, 1.807) is 0 Å². The van der Waals surface area contributed by atoms with Crippen molar-refractivity contribution < 1.29 is 74.4 Å². The Balaban J connectivity index is 1.48. The number of benzene rings is 2. The number of rotatable bonds is 6. The van der Waals surface area contributed by atoms with Gasteiger partial charge in [-0.25, -0.2) is 0 Å². The molecule has 10 N–H and O–H groups in total. The van der Waals surface area contributed by atoms with Crippen molar-refractivity contribution in [2.75, 3.05) is 13.2 Å². The van der Waals surface area contributed by atoms with Gasteiger partial charge >= 0.3 is 0 Å². The van der Waals surface area contributed by atoms with E-state index in [-0.39, 0.29) is 17.8 Å². The van der Waals surface area contributed by atoms with Gasteiger partial charge in [0.1, 0.15) is 65.2 Å². The molecule has 0 amide bonds. The van der Waals surface area contributed by atoms with Gasteiger partial charge in [0.15, 0.2) is 23.5 Å². The van der Waals surface area contributed by atoms with Crippen molar-refractivity contribution in [3.63, 3.8) is 0 Å². The first-order valence-corrected chi connectivity index (χ1v) is 12.6. The van der Waals surface area contributed by atoms with Crippen molar-refractivity contribution in [2.45, 2.75) is 55.3 Å². The molecule has 0 aliphatic carbocycles. The first-order valence-electron chi connectivity index (χ1n) is 12.6. The third kappa shape index (κ3) is 5.42. The summed E-state index contributed by atoms with van der Waals surface area (Å²) in [7, 11) is 0. The quantitative estimate of drug-likeness (QED) is 0.137. The summed E-state index contributed by atoms with van der Waals surface area (Å²) in [6.07, 6.45) is -15.1. The number of hydrogen-bond acceptors (Lipinski definition) is 16. The Bertz CT molecular complexity index is 1510. The molecule has 16 nitrogen and oxygen atoms in total. The molecule has 16 heteroatoms. The van der Waals surface area contributed by atoms with Crippen LogP contribution in [0.5, 0.6) is 28.7 Å². The van der Waals surface area contributed by atoms with E-state index in [2.05, 4.69) is 0 Å². The zero-order chi connectivity index (χ0) is 30.5. The Labute approximate surface area is 235 Å². The average Bonchev–Trinajstić information content (AvgIpc) is 2.94. The topological polar surface area (TPSA) is 269 Å². The summed E-state index contributed by atoms with van der Waals surface area (Å²) in [6.45, 7) is -0.970. The van der Waals surface area contributed by atoms with E-state index in [9.17, 15) is 55.9 Å². The van der Waals surface area contributed by atoms with Crippen molar-refractivity contribution in [1.29, 1.82) is 0 Å². The minimum absolute atomic E-state index is 0.0305. The van der Waals surface area contributed by atoms with Crippen LogP contribution >= 0.6 is 0 Å². The number of aliphatic hydroxyl groups is 6. The third-order valence-electron chi connectivity index (χ3n) is 6.94. The number of fused-ring (bicyclic) bond motifs is 1. The maximum absolute atomic E-state index is 13.5. The van der Waals surface area contributed by atoms with Crippen LogP contribution in [0, 0.1) is 0 Å². The fraction of sp³-hybridized carbons (Fsp3) is 0.423. The Morgan fingerprint density at radius 3 is 2.21 bits per heavy atom. The summed E-state index contributed by atoms with van der Waals surface area (Å²) < 4.78 is 27.5. The molecule has 2 fully saturated rings. The summed E-state index contributed by atoms with van der Waals surface area (Å²) >= 11 is 0. The van der Waals surface area contributed by atoms with Gasteiger partial charge in [-0.2, -0.15) is 0 Å². The first kappa shape index (κ1) is 29.8. The summed E-state index contributed by atoms with van der Waals surface area (Å²) in [5, 5.41) is 101. The second kappa shape index (κ2) is 11.5. The number of aliphatic hydroxyl groups excluding tert-OH is 6. The number of aromatic hydroxyl groups is 4. The fourth-order valence-electron chi connectivity index (χ4n) is 4.61. The highest BCUT2D eigenvalue weighted by atomic mass is 16.7. The van der Waals surface area contributed by atoms with Crippen molar-refractivity contribution in [1.82, 2.24) is 0 Å². The van der Waals surface area contributed by atoms with Crippen LogP contribution in [0.1, 0.15) is 0 Å². The molecule has 42 heavy (non-hydrogen) atoms. The second-order valence-corrected chi connectivity index (χ2v) is 9.85. The monoisotopic (exact) mass is 596 g/mol. The number of phenolic OH excluding ortho intramolecular Hbond substituents is 4. The minimum atomic E-state index is -1.96. The lowest BCUT2D eigenvalue weighted by Gasteiger charge is -2.41. The summed E-state index contributed by atoms with van der Waals surface area (Å²) in [5.41, 5.74) is -1.35. The molecule has 9 atom stereocenters. The lowest BCUT2D eigenvalue weighted by molar-refractivity contribution is -0.307. The van der Waals surface area contributed by atoms with Crippen molar-refractivity contribution in [3.05, 3.63) is 40.6 Å². The molecule has 5 rings (SSSR count). The largest absolute Gasteiger partial charge is 0.508 e. The van der Waals surface area contributed by atoms with Crippen molar-refractivity contribution in [3.8, 4) is 40.1 Å². The molecule has 0 bridgehead atoms.